The van der Waals surface area contributed by atoms with Gasteiger partial charge in [-0.3, -0.25) is 14.2 Å². The van der Waals surface area contributed by atoms with Crippen LogP contribution >= 0.6 is 11.3 Å². The minimum atomic E-state index is -0.950. The number of nitrogens with zero attached hydrogens (tertiary/aromatic N) is 6. The van der Waals surface area contributed by atoms with Crippen molar-refractivity contribution in [1.29, 1.82) is 0 Å². The number of carbonyl (C=O) groups excluding carboxylic acids is 1. The average Bonchev–Trinajstić information content (AvgIpc) is 3.72. The number of carbonyl (C=O) groups is 1. The van der Waals surface area contributed by atoms with Crippen LogP contribution < -0.4 is 16.0 Å². The van der Waals surface area contributed by atoms with Gasteiger partial charge in [-0.25, -0.2) is 13.8 Å². The molecule has 1 N–H and O–H groups in total. The molecule has 228 valence electrons. The van der Waals surface area contributed by atoms with Crippen molar-refractivity contribution in [2.45, 2.75) is 69.9 Å². The normalized spacial score (nSPS) is 21.6. The molecule has 1 saturated carbocycles. The molecule has 0 spiro atoms. The lowest BCUT2D eigenvalue weighted by Crippen LogP contribution is -2.45. The predicted molar refractivity (Wildman–Crippen MR) is 156 cm³/mol. The van der Waals surface area contributed by atoms with E-state index in [1.54, 1.807) is 14.0 Å². The van der Waals surface area contributed by atoms with Crippen molar-refractivity contribution < 1.29 is 23.8 Å². The third-order valence-corrected chi connectivity index (χ3v) is 9.70. The summed E-state index contributed by atoms with van der Waals surface area (Å²) in [6.07, 6.45) is 4.15. The fourth-order valence-corrected chi connectivity index (χ4v) is 7.31. The molecule has 0 bridgehead atoms. The highest BCUT2D eigenvalue weighted by molar-refractivity contribution is 7.21. The Balaban J connectivity index is 1.55. The van der Waals surface area contributed by atoms with E-state index in [-0.39, 0.29) is 23.9 Å². The number of likely N-dealkylation sites (N-methyl/N-ethyl adjacent to an activating group) is 1. The molecule has 4 heterocycles. The molecule has 1 saturated heterocycles. The van der Waals surface area contributed by atoms with E-state index >= 15 is 0 Å². The molecule has 2 aliphatic rings. The number of amides is 1. The third-order valence-electron chi connectivity index (χ3n) is 8.42. The first-order valence-corrected chi connectivity index (χ1v) is 15.1. The summed E-state index contributed by atoms with van der Waals surface area (Å²) < 4.78 is 29.3. The minimum Gasteiger partial charge on any atom is -0.496 e. The summed E-state index contributed by atoms with van der Waals surface area (Å²) in [6, 6.07) is 3.17. The molecule has 2 atom stereocenters. The van der Waals surface area contributed by atoms with E-state index in [0.29, 0.717) is 65.4 Å². The number of ether oxygens (including phenoxy) is 2. The number of likely N-dealkylation sites (tertiary alicyclic amines) is 1. The van der Waals surface area contributed by atoms with Crippen LogP contribution in [-0.2, 0) is 16.1 Å². The predicted octanol–water partition coefficient (Wildman–Crippen LogP) is 2.73. The Labute approximate surface area is 249 Å². The molecule has 14 heteroatoms. The van der Waals surface area contributed by atoms with Crippen molar-refractivity contribution in [3.63, 3.8) is 0 Å². The molecule has 4 aromatic rings. The second-order valence-corrected chi connectivity index (χ2v) is 12.1. The molecule has 1 aromatic carbocycles. The average molecular weight is 613 g/mol. The monoisotopic (exact) mass is 612 g/mol. The SMILES string of the molecule is COc1ccc(F)cc1[C@H](Cn1c(=O)n([C@@H]2CCN(C)C2=O)c(=O)c2c(C)c(-n3nccn3)sc21)OC1CCC(O)CC1. The first-order chi connectivity index (χ1) is 20.7. The zero-order valence-electron chi connectivity index (χ0n) is 24.1. The van der Waals surface area contributed by atoms with Gasteiger partial charge < -0.3 is 19.5 Å². The number of aryl methyl sites for hydroxylation is 1. The molecule has 43 heavy (non-hydrogen) atoms. The summed E-state index contributed by atoms with van der Waals surface area (Å²) in [4.78, 5) is 44.7. The fraction of sp³-hybridized carbons (Fsp3) is 0.483. The molecule has 0 unspecified atom stereocenters. The molecule has 3 aromatic heterocycles. The molecule has 2 fully saturated rings. The lowest BCUT2D eigenvalue weighted by atomic mass is 9.94. The number of aliphatic hydroxyl groups excluding tert-OH is 1. The van der Waals surface area contributed by atoms with Gasteiger partial charge in [0.1, 0.15) is 33.5 Å². The lowest BCUT2D eigenvalue weighted by Gasteiger charge is -2.31. The third kappa shape index (κ3) is 5.27. The lowest BCUT2D eigenvalue weighted by molar-refractivity contribution is -0.129. The number of hydrogen-bond acceptors (Lipinski definition) is 9. The van der Waals surface area contributed by atoms with Gasteiger partial charge in [0.05, 0.1) is 43.6 Å². The molecular formula is C29H33FN6O6S. The van der Waals surface area contributed by atoms with E-state index in [0.717, 1.165) is 4.57 Å². The zero-order chi connectivity index (χ0) is 30.4. The van der Waals surface area contributed by atoms with Crippen molar-refractivity contribution in [2.24, 2.45) is 0 Å². The van der Waals surface area contributed by atoms with Crippen LogP contribution in [0.2, 0.25) is 0 Å². The first kappa shape index (κ1) is 29.2. The molecule has 6 rings (SSSR count). The van der Waals surface area contributed by atoms with Gasteiger partial charge in [-0.15, -0.1) is 4.80 Å². The summed E-state index contributed by atoms with van der Waals surface area (Å²) in [5.74, 6) is -0.423. The molecule has 1 aliphatic heterocycles. The Morgan fingerprint density at radius 1 is 1.12 bits per heavy atom. The Morgan fingerprint density at radius 3 is 2.49 bits per heavy atom. The van der Waals surface area contributed by atoms with Crippen LogP contribution in [0.1, 0.15) is 55.4 Å². The molecule has 1 aliphatic carbocycles. The first-order valence-electron chi connectivity index (χ1n) is 14.2. The maximum atomic E-state index is 14.6. The summed E-state index contributed by atoms with van der Waals surface area (Å²) in [5, 5.41) is 19.3. The number of fused-ring (bicyclic) bond motifs is 1. The van der Waals surface area contributed by atoms with Crippen LogP contribution in [0.15, 0.2) is 40.2 Å². The standard InChI is InChI=1S/C29H33FN6O6S/c1-16-24-26(39)35(21-10-13-33(2)25(21)38)29(40)34(28(24)43-27(16)36-31-11-12-32-36)15-23(42-19-7-5-18(37)6-8-19)20-14-17(30)4-9-22(20)41-3/h4,9,11-12,14,18-19,21,23,37H,5-8,10,13,15H2,1-3H3/t18?,19?,21-,23+/m1/s1. The Kier molecular flexibility index (Phi) is 7.92. The highest BCUT2D eigenvalue weighted by Crippen LogP contribution is 2.36. The number of aromatic nitrogens is 5. The van der Waals surface area contributed by atoms with Crippen LogP contribution in [0.3, 0.4) is 0 Å². The molecule has 1 amide bonds. The second-order valence-electron chi connectivity index (χ2n) is 11.1. The quantitative estimate of drug-likeness (QED) is 0.321. The number of aliphatic hydroxyl groups is 1. The van der Waals surface area contributed by atoms with Gasteiger partial charge in [0, 0.05) is 24.7 Å². The maximum Gasteiger partial charge on any atom is 0.332 e. The second kappa shape index (κ2) is 11.7. The summed E-state index contributed by atoms with van der Waals surface area (Å²) in [7, 11) is 3.12. The van der Waals surface area contributed by atoms with Crippen molar-refractivity contribution in [3.8, 4) is 10.8 Å². The van der Waals surface area contributed by atoms with Crippen molar-refractivity contribution in [3.05, 3.63) is 68.4 Å². The number of halogens is 1. The van der Waals surface area contributed by atoms with E-state index in [1.807, 2.05) is 0 Å². The van der Waals surface area contributed by atoms with Crippen LogP contribution in [0.25, 0.3) is 15.2 Å². The summed E-state index contributed by atoms with van der Waals surface area (Å²) in [5.41, 5.74) is -0.232. The molecule has 12 nitrogen and oxygen atoms in total. The molecule has 0 radical (unpaired) electrons. The van der Waals surface area contributed by atoms with E-state index in [2.05, 4.69) is 10.2 Å². The Bertz CT molecular complexity index is 1770. The van der Waals surface area contributed by atoms with E-state index in [4.69, 9.17) is 9.47 Å². The van der Waals surface area contributed by atoms with Gasteiger partial charge >= 0.3 is 5.69 Å². The number of methoxy groups -OCH3 is 1. The van der Waals surface area contributed by atoms with E-state index < -0.39 is 35.3 Å². The van der Waals surface area contributed by atoms with Gasteiger partial charge in [0.25, 0.3) is 5.56 Å². The van der Waals surface area contributed by atoms with Gasteiger partial charge in [0.2, 0.25) is 5.91 Å². The van der Waals surface area contributed by atoms with Gasteiger partial charge in [-0.05, 0) is 57.2 Å². The van der Waals surface area contributed by atoms with Gasteiger partial charge in [0.15, 0.2) is 0 Å². The van der Waals surface area contributed by atoms with Crippen molar-refractivity contribution in [1.82, 2.24) is 29.0 Å². The highest BCUT2D eigenvalue weighted by atomic mass is 32.1. The van der Waals surface area contributed by atoms with Gasteiger partial charge in [-0.2, -0.15) is 10.2 Å². The number of hydrogen-bond donors (Lipinski definition) is 1. The number of benzene rings is 1. The Morgan fingerprint density at radius 2 is 1.84 bits per heavy atom. The highest BCUT2D eigenvalue weighted by Gasteiger charge is 2.36. The largest absolute Gasteiger partial charge is 0.496 e. The number of rotatable bonds is 8. The minimum absolute atomic E-state index is 0.0862. The summed E-state index contributed by atoms with van der Waals surface area (Å²) >= 11 is 1.18. The Hall–Kier alpha value is -3.88. The fourth-order valence-electron chi connectivity index (χ4n) is 6.09. The topological polar surface area (TPSA) is 134 Å². The molecular weight excluding hydrogens is 579 g/mol. The maximum absolute atomic E-state index is 14.6. The van der Waals surface area contributed by atoms with Crippen molar-refractivity contribution >= 4 is 27.5 Å². The number of thiophene rings is 1. The van der Waals surface area contributed by atoms with E-state index in [9.17, 15) is 23.9 Å². The van der Waals surface area contributed by atoms with Crippen LogP contribution in [0, 0.1) is 12.7 Å². The van der Waals surface area contributed by atoms with Gasteiger partial charge in [-0.1, -0.05) is 11.3 Å². The van der Waals surface area contributed by atoms with Crippen molar-refractivity contribution in [2.75, 3.05) is 20.7 Å². The zero-order valence-corrected chi connectivity index (χ0v) is 24.9. The van der Waals surface area contributed by atoms with Crippen LogP contribution in [0.4, 0.5) is 4.39 Å². The summed E-state index contributed by atoms with van der Waals surface area (Å²) in [6.45, 7) is 2.09. The van der Waals surface area contributed by atoms with Crippen LogP contribution in [-0.4, -0.2) is 73.0 Å². The van der Waals surface area contributed by atoms with E-state index in [1.165, 1.54) is 63.3 Å². The smallest absolute Gasteiger partial charge is 0.332 e. The van der Waals surface area contributed by atoms with Crippen LogP contribution in [0.5, 0.6) is 5.75 Å².